The molecule has 0 saturated carbocycles. The summed E-state index contributed by atoms with van der Waals surface area (Å²) < 4.78 is 42.1. The van der Waals surface area contributed by atoms with Crippen LogP contribution in [0.3, 0.4) is 0 Å². The zero-order valence-corrected chi connectivity index (χ0v) is 15.1. The molecule has 5 heteroatoms. The molecule has 0 saturated heterocycles. The van der Waals surface area contributed by atoms with E-state index in [0.717, 1.165) is 35.0 Å². The summed E-state index contributed by atoms with van der Waals surface area (Å²) in [6.45, 7) is 4.06. The second kappa shape index (κ2) is 6.41. The third-order valence-corrected chi connectivity index (χ3v) is 5.00. The molecule has 4 rings (SSSR count). The molecule has 3 aromatic rings. The van der Waals surface area contributed by atoms with E-state index in [1.54, 1.807) is 6.07 Å². The zero-order valence-electron chi connectivity index (χ0n) is 15.1. The number of aryl methyl sites for hydroxylation is 1. The Labute approximate surface area is 156 Å². The molecular formula is C22H19F3N2. The fourth-order valence-electron chi connectivity index (χ4n) is 3.73. The maximum absolute atomic E-state index is 13.4. The van der Waals surface area contributed by atoms with Crippen LogP contribution in [0.2, 0.25) is 0 Å². The minimum Gasteiger partial charge on any atom is -0.318 e. The fourth-order valence-corrected chi connectivity index (χ4v) is 3.73. The first-order chi connectivity index (χ1) is 12.9. The minimum atomic E-state index is -4.40. The van der Waals surface area contributed by atoms with E-state index in [0.29, 0.717) is 11.3 Å². The molecule has 1 aliphatic heterocycles. The Morgan fingerprint density at radius 2 is 1.78 bits per heavy atom. The number of aliphatic imine (C=N–C) groups is 1. The van der Waals surface area contributed by atoms with Crippen LogP contribution in [0, 0.1) is 0 Å². The molecule has 1 atom stereocenters. The molecular weight excluding hydrogens is 349 g/mol. The molecule has 1 unspecified atom stereocenters. The van der Waals surface area contributed by atoms with Crippen LogP contribution in [-0.2, 0) is 12.6 Å². The molecule has 0 aliphatic carbocycles. The Balaban J connectivity index is 2.03. The average molecular weight is 368 g/mol. The van der Waals surface area contributed by atoms with E-state index in [4.69, 9.17) is 4.99 Å². The van der Waals surface area contributed by atoms with Crippen LogP contribution in [-0.4, -0.2) is 10.3 Å². The van der Waals surface area contributed by atoms with Gasteiger partial charge in [0.15, 0.2) is 0 Å². The molecule has 0 spiro atoms. The van der Waals surface area contributed by atoms with E-state index in [2.05, 4.69) is 6.92 Å². The summed E-state index contributed by atoms with van der Waals surface area (Å²) in [6.07, 6.45) is -1.62. The number of halogens is 3. The highest BCUT2D eigenvalue weighted by Gasteiger charge is 2.33. The molecule has 0 amide bonds. The van der Waals surface area contributed by atoms with Gasteiger partial charge in [0.25, 0.3) is 0 Å². The Morgan fingerprint density at radius 1 is 1.04 bits per heavy atom. The topological polar surface area (TPSA) is 17.3 Å². The van der Waals surface area contributed by atoms with Crippen molar-refractivity contribution in [3.05, 3.63) is 88.7 Å². The van der Waals surface area contributed by atoms with Crippen molar-refractivity contribution >= 4 is 5.71 Å². The highest BCUT2D eigenvalue weighted by molar-refractivity contribution is 6.15. The predicted molar refractivity (Wildman–Crippen MR) is 101 cm³/mol. The SMILES string of the molecule is CCc1ccn2c1C(C)N=C(c1ccccc1)c1cc(C(F)(F)F)ccc1-2. The smallest absolute Gasteiger partial charge is 0.318 e. The summed E-state index contributed by atoms with van der Waals surface area (Å²) in [4.78, 5) is 4.86. The summed E-state index contributed by atoms with van der Waals surface area (Å²) in [5.41, 5.74) is 4.16. The Hall–Kier alpha value is -2.82. The number of rotatable bonds is 2. The molecule has 138 valence electrons. The molecule has 1 aliphatic rings. The van der Waals surface area contributed by atoms with Crippen LogP contribution in [0.4, 0.5) is 13.2 Å². The van der Waals surface area contributed by atoms with Crippen molar-refractivity contribution in [2.75, 3.05) is 0 Å². The summed E-state index contributed by atoms with van der Waals surface area (Å²) >= 11 is 0. The third kappa shape index (κ3) is 2.97. The fraction of sp³-hybridized carbons (Fsp3) is 0.227. The summed E-state index contributed by atoms with van der Waals surface area (Å²) in [6, 6.07) is 15.2. The van der Waals surface area contributed by atoms with Gasteiger partial charge in [-0.1, -0.05) is 37.3 Å². The Kier molecular flexibility index (Phi) is 4.17. The van der Waals surface area contributed by atoms with Crippen LogP contribution < -0.4 is 0 Å². The van der Waals surface area contributed by atoms with Crippen LogP contribution in [0.15, 0.2) is 65.8 Å². The minimum absolute atomic E-state index is 0.160. The van der Waals surface area contributed by atoms with Crippen molar-refractivity contribution in [2.24, 2.45) is 4.99 Å². The molecule has 0 N–H and O–H groups in total. The van der Waals surface area contributed by atoms with E-state index >= 15 is 0 Å². The average Bonchev–Trinajstić information content (AvgIpc) is 3.04. The number of benzene rings is 2. The van der Waals surface area contributed by atoms with Gasteiger partial charge in [-0.2, -0.15) is 13.2 Å². The first kappa shape index (κ1) is 17.6. The van der Waals surface area contributed by atoms with E-state index in [9.17, 15) is 13.2 Å². The van der Waals surface area contributed by atoms with E-state index in [1.165, 1.54) is 6.07 Å². The zero-order chi connectivity index (χ0) is 19.2. The molecule has 2 aromatic carbocycles. The number of alkyl halides is 3. The molecule has 0 bridgehead atoms. The van der Waals surface area contributed by atoms with Crippen molar-refractivity contribution in [1.82, 2.24) is 4.57 Å². The number of nitrogens with zero attached hydrogens (tertiary/aromatic N) is 2. The molecule has 2 nitrogen and oxygen atoms in total. The van der Waals surface area contributed by atoms with Gasteiger partial charge in [-0.3, -0.25) is 4.99 Å². The van der Waals surface area contributed by atoms with Gasteiger partial charge in [0.2, 0.25) is 0 Å². The van der Waals surface area contributed by atoms with Gasteiger partial charge in [0, 0.05) is 17.3 Å². The Morgan fingerprint density at radius 3 is 2.44 bits per heavy atom. The van der Waals surface area contributed by atoms with E-state index < -0.39 is 11.7 Å². The van der Waals surface area contributed by atoms with Gasteiger partial charge in [0.05, 0.1) is 28.7 Å². The van der Waals surface area contributed by atoms with Crippen LogP contribution in [0.5, 0.6) is 0 Å². The van der Waals surface area contributed by atoms with Crippen molar-refractivity contribution < 1.29 is 13.2 Å². The van der Waals surface area contributed by atoms with Crippen LogP contribution in [0.1, 0.15) is 47.8 Å². The first-order valence-corrected chi connectivity index (χ1v) is 8.95. The molecule has 27 heavy (non-hydrogen) atoms. The van der Waals surface area contributed by atoms with Crippen molar-refractivity contribution in [2.45, 2.75) is 32.5 Å². The second-order valence-electron chi connectivity index (χ2n) is 6.70. The van der Waals surface area contributed by atoms with Crippen molar-refractivity contribution in [3.8, 4) is 5.69 Å². The first-order valence-electron chi connectivity index (χ1n) is 8.95. The van der Waals surface area contributed by atoms with E-state index in [1.807, 2.05) is 54.1 Å². The molecule has 0 fully saturated rings. The van der Waals surface area contributed by atoms with E-state index in [-0.39, 0.29) is 6.04 Å². The highest BCUT2D eigenvalue weighted by atomic mass is 19.4. The summed E-state index contributed by atoms with van der Waals surface area (Å²) in [5, 5.41) is 0. The van der Waals surface area contributed by atoms with Gasteiger partial charge in [0.1, 0.15) is 0 Å². The molecule has 0 radical (unpaired) electrons. The number of hydrogen-bond donors (Lipinski definition) is 0. The van der Waals surface area contributed by atoms with Gasteiger partial charge in [-0.05, 0) is 43.2 Å². The lowest BCUT2D eigenvalue weighted by Crippen LogP contribution is -2.11. The number of fused-ring (bicyclic) bond motifs is 3. The number of hydrogen-bond acceptors (Lipinski definition) is 1. The quantitative estimate of drug-likeness (QED) is 0.530. The standard InChI is InChI=1S/C22H19F3N2/c1-3-15-11-12-27-19-10-9-17(22(23,24)25)13-18(19)20(26-14(2)21(15)27)16-7-5-4-6-8-16/h4-14H,3H2,1-2H3. The lowest BCUT2D eigenvalue weighted by atomic mass is 9.98. The lowest BCUT2D eigenvalue weighted by Gasteiger charge is -2.15. The monoisotopic (exact) mass is 368 g/mol. The lowest BCUT2D eigenvalue weighted by molar-refractivity contribution is -0.137. The van der Waals surface area contributed by atoms with Crippen molar-refractivity contribution in [3.63, 3.8) is 0 Å². The molecule has 2 heterocycles. The number of aromatic nitrogens is 1. The Bertz CT molecular complexity index is 1010. The largest absolute Gasteiger partial charge is 0.416 e. The van der Waals surface area contributed by atoms with Crippen LogP contribution in [0.25, 0.3) is 5.69 Å². The summed E-state index contributed by atoms with van der Waals surface area (Å²) in [5.74, 6) is 0. The summed E-state index contributed by atoms with van der Waals surface area (Å²) in [7, 11) is 0. The second-order valence-corrected chi connectivity index (χ2v) is 6.70. The molecule has 1 aromatic heterocycles. The highest BCUT2D eigenvalue weighted by Crippen LogP contribution is 2.37. The maximum atomic E-state index is 13.4. The van der Waals surface area contributed by atoms with Gasteiger partial charge < -0.3 is 4.57 Å². The normalized spacial score (nSPS) is 16.3. The van der Waals surface area contributed by atoms with Gasteiger partial charge in [-0.25, -0.2) is 0 Å². The van der Waals surface area contributed by atoms with Gasteiger partial charge in [-0.15, -0.1) is 0 Å². The predicted octanol–water partition coefficient (Wildman–Crippen LogP) is 5.97. The maximum Gasteiger partial charge on any atom is 0.416 e. The third-order valence-electron chi connectivity index (χ3n) is 5.00. The van der Waals surface area contributed by atoms with Crippen LogP contribution >= 0.6 is 0 Å². The van der Waals surface area contributed by atoms with Gasteiger partial charge >= 0.3 is 6.18 Å². The van der Waals surface area contributed by atoms with Crippen molar-refractivity contribution in [1.29, 1.82) is 0 Å².